The molecule has 1 saturated carbocycles. The van der Waals surface area contributed by atoms with Crippen LogP contribution < -0.4 is 4.90 Å². The Hall–Kier alpha value is -1.90. The van der Waals surface area contributed by atoms with Crippen molar-refractivity contribution in [2.75, 3.05) is 4.90 Å². The first-order valence-electron chi connectivity index (χ1n) is 6.79. The Bertz CT molecular complexity index is 589. The van der Waals surface area contributed by atoms with Gasteiger partial charge in [-0.2, -0.15) is 0 Å². The Morgan fingerprint density at radius 2 is 1.68 bits per heavy atom. The second kappa shape index (κ2) is 3.56. The van der Waals surface area contributed by atoms with E-state index in [2.05, 4.69) is 12.2 Å². The van der Waals surface area contributed by atoms with Crippen molar-refractivity contribution in [2.45, 2.75) is 13.3 Å². The SMILES string of the molecule is Cc1cccc(N2C(=O)[C@@H]3[C@H](C2=O)[C@H]2C=C[C@@H]3C2)c1. The summed E-state index contributed by atoms with van der Waals surface area (Å²) >= 11 is 0. The van der Waals surface area contributed by atoms with Gasteiger partial charge in [0.2, 0.25) is 11.8 Å². The fourth-order valence-corrected chi connectivity index (χ4v) is 3.92. The first-order chi connectivity index (χ1) is 9.16. The number of carbonyl (C=O) groups excluding carboxylic acids is 2. The van der Waals surface area contributed by atoms with E-state index in [0.717, 1.165) is 17.7 Å². The topological polar surface area (TPSA) is 37.4 Å². The first-order valence-corrected chi connectivity index (χ1v) is 6.79. The Balaban J connectivity index is 1.77. The second-order valence-corrected chi connectivity index (χ2v) is 5.85. The third-order valence-corrected chi connectivity index (χ3v) is 4.73. The molecule has 2 aliphatic carbocycles. The molecule has 4 rings (SSSR count). The fraction of sp³-hybridized carbons (Fsp3) is 0.375. The Labute approximate surface area is 111 Å². The molecule has 3 heteroatoms. The summed E-state index contributed by atoms with van der Waals surface area (Å²) in [6, 6.07) is 7.62. The molecule has 1 saturated heterocycles. The van der Waals surface area contributed by atoms with Crippen molar-refractivity contribution >= 4 is 17.5 Å². The number of nitrogens with zero attached hydrogens (tertiary/aromatic N) is 1. The van der Waals surface area contributed by atoms with Crippen LogP contribution in [0.1, 0.15) is 12.0 Å². The summed E-state index contributed by atoms with van der Waals surface area (Å²) in [5, 5.41) is 0. The molecule has 0 radical (unpaired) electrons. The van der Waals surface area contributed by atoms with Gasteiger partial charge in [-0.1, -0.05) is 24.3 Å². The van der Waals surface area contributed by atoms with Crippen molar-refractivity contribution in [3.8, 4) is 0 Å². The van der Waals surface area contributed by atoms with Gasteiger partial charge in [0.05, 0.1) is 17.5 Å². The molecule has 96 valence electrons. The van der Waals surface area contributed by atoms with Crippen molar-refractivity contribution in [3.63, 3.8) is 0 Å². The number of aryl methyl sites for hydroxylation is 1. The Morgan fingerprint density at radius 1 is 1.05 bits per heavy atom. The number of imide groups is 1. The van der Waals surface area contributed by atoms with Gasteiger partial charge in [-0.05, 0) is 42.9 Å². The molecule has 1 aromatic rings. The Kier molecular flexibility index (Phi) is 2.06. The maximum atomic E-state index is 12.6. The average Bonchev–Trinajstić information content (AvgIpc) is 3.04. The molecule has 2 bridgehead atoms. The largest absolute Gasteiger partial charge is 0.274 e. The molecule has 2 amide bonds. The minimum absolute atomic E-state index is 0.00236. The van der Waals surface area contributed by atoms with Crippen LogP contribution in [0.4, 0.5) is 5.69 Å². The molecule has 19 heavy (non-hydrogen) atoms. The van der Waals surface area contributed by atoms with Gasteiger partial charge in [-0.25, -0.2) is 0 Å². The summed E-state index contributed by atoms with van der Waals surface area (Å²) in [5.74, 6) is 0.337. The lowest BCUT2D eigenvalue weighted by molar-refractivity contribution is -0.123. The zero-order valence-electron chi connectivity index (χ0n) is 10.7. The van der Waals surface area contributed by atoms with Gasteiger partial charge in [-0.3, -0.25) is 14.5 Å². The number of fused-ring (bicyclic) bond motifs is 5. The molecule has 1 aromatic carbocycles. The highest BCUT2D eigenvalue weighted by atomic mass is 16.2. The van der Waals surface area contributed by atoms with Crippen LogP contribution in [0.2, 0.25) is 0 Å². The molecule has 1 aliphatic heterocycles. The smallest absolute Gasteiger partial charge is 0.238 e. The van der Waals surface area contributed by atoms with Gasteiger partial charge >= 0.3 is 0 Å². The monoisotopic (exact) mass is 253 g/mol. The number of amides is 2. The predicted molar refractivity (Wildman–Crippen MR) is 71.4 cm³/mol. The Morgan fingerprint density at radius 3 is 2.26 bits per heavy atom. The lowest BCUT2D eigenvalue weighted by Gasteiger charge is -2.17. The molecule has 0 N–H and O–H groups in total. The molecule has 0 spiro atoms. The van der Waals surface area contributed by atoms with Gasteiger partial charge in [-0.15, -0.1) is 0 Å². The van der Waals surface area contributed by atoms with Crippen molar-refractivity contribution in [1.82, 2.24) is 0 Å². The van der Waals surface area contributed by atoms with E-state index in [1.807, 2.05) is 31.2 Å². The number of rotatable bonds is 1. The zero-order valence-corrected chi connectivity index (χ0v) is 10.7. The fourth-order valence-electron chi connectivity index (χ4n) is 3.92. The van der Waals surface area contributed by atoms with E-state index in [4.69, 9.17) is 0 Å². The number of anilines is 1. The number of carbonyl (C=O) groups is 2. The van der Waals surface area contributed by atoms with Crippen molar-refractivity contribution in [2.24, 2.45) is 23.7 Å². The second-order valence-electron chi connectivity index (χ2n) is 5.85. The van der Waals surface area contributed by atoms with Crippen molar-refractivity contribution < 1.29 is 9.59 Å². The van der Waals surface area contributed by atoms with Crippen LogP contribution in [0.15, 0.2) is 36.4 Å². The predicted octanol–water partition coefficient (Wildman–Crippen LogP) is 2.31. The molecular weight excluding hydrogens is 238 g/mol. The van der Waals surface area contributed by atoms with Crippen LogP contribution in [0, 0.1) is 30.6 Å². The normalized spacial score (nSPS) is 35.3. The quantitative estimate of drug-likeness (QED) is 0.569. The third kappa shape index (κ3) is 1.33. The highest BCUT2D eigenvalue weighted by molar-refractivity contribution is 6.22. The molecular formula is C16H15NO2. The molecule has 4 atom stereocenters. The highest BCUT2D eigenvalue weighted by Gasteiger charge is 2.59. The minimum Gasteiger partial charge on any atom is -0.274 e. The number of hydrogen-bond acceptors (Lipinski definition) is 2. The summed E-state index contributed by atoms with van der Waals surface area (Å²) in [4.78, 5) is 26.6. The van der Waals surface area contributed by atoms with E-state index in [1.54, 1.807) is 0 Å². The maximum absolute atomic E-state index is 12.6. The number of hydrogen-bond donors (Lipinski definition) is 0. The standard InChI is InChI=1S/C16H15NO2/c1-9-3-2-4-12(7-9)17-15(18)13-10-5-6-11(8-10)14(13)16(17)19/h2-7,10-11,13-14H,8H2,1H3/t10-,11+,13+,14-. The van der Waals surface area contributed by atoms with E-state index in [-0.39, 0.29) is 35.5 Å². The third-order valence-electron chi connectivity index (χ3n) is 4.73. The molecule has 0 aromatic heterocycles. The molecule has 1 heterocycles. The molecule has 0 unspecified atom stereocenters. The van der Waals surface area contributed by atoms with Crippen LogP contribution in [-0.2, 0) is 9.59 Å². The van der Waals surface area contributed by atoms with Crippen LogP contribution in [0.25, 0.3) is 0 Å². The zero-order chi connectivity index (χ0) is 13.1. The van der Waals surface area contributed by atoms with Gasteiger partial charge in [0, 0.05) is 0 Å². The lowest BCUT2D eigenvalue weighted by atomic mass is 9.85. The first kappa shape index (κ1) is 11.0. The average molecular weight is 253 g/mol. The summed E-state index contributed by atoms with van der Waals surface area (Å²) < 4.78 is 0. The number of benzene rings is 1. The van der Waals surface area contributed by atoms with E-state index < -0.39 is 0 Å². The number of allylic oxidation sites excluding steroid dienone is 2. The molecule has 2 fully saturated rings. The van der Waals surface area contributed by atoms with Gasteiger partial charge in [0.1, 0.15) is 0 Å². The maximum Gasteiger partial charge on any atom is 0.238 e. The summed E-state index contributed by atoms with van der Waals surface area (Å²) in [6.45, 7) is 1.97. The molecule has 3 nitrogen and oxygen atoms in total. The van der Waals surface area contributed by atoms with E-state index >= 15 is 0 Å². The van der Waals surface area contributed by atoms with E-state index in [9.17, 15) is 9.59 Å². The van der Waals surface area contributed by atoms with Crippen LogP contribution in [0.5, 0.6) is 0 Å². The van der Waals surface area contributed by atoms with Crippen LogP contribution >= 0.6 is 0 Å². The summed E-state index contributed by atoms with van der Waals surface area (Å²) in [6.07, 6.45) is 5.22. The van der Waals surface area contributed by atoms with Crippen molar-refractivity contribution in [1.29, 1.82) is 0 Å². The highest BCUT2D eigenvalue weighted by Crippen LogP contribution is 2.53. The van der Waals surface area contributed by atoms with E-state index in [1.165, 1.54) is 4.90 Å². The van der Waals surface area contributed by atoms with E-state index in [0.29, 0.717) is 0 Å². The minimum atomic E-state index is -0.108. The lowest BCUT2D eigenvalue weighted by Crippen LogP contribution is -2.32. The van der Waals surface area contributed by atoms with Crippen LogP contribution in [-0.4, -0.2) is 11.8 Å². The summed E-state index contributed by atoms with van der Waals surface area (Å²) in [7, 11) is 0. The molecule has 3 aliphatic rings. The van der Waals surface area contributed by atoms with Gasteiger partial charge in [0.25, 0.3) is 0 Å². The van der Waals surface area contributed by atoms with Gasteiger partial charge < -0.3 is 0 Å². The van der Waals surface area contributed by atoms with Crippen molar-refractivity contribution in [3.05, 3.63) is 42.0 Å². The van der Waals surface area contributed by atoms with Crippen LogP contribution in [0.3, 0.4) is 0 Å². The van der Waals surface area contributed by atoms with Gasteiger partial charge in [0.15, 0.2) is 0 Å². The summed E-state index contributed by atoms with van der Waals surface area (Å²) in [5.41, 5.74) is 1.79.